The topological polar surface area (TPSA) is 81.7 Å². The number of hydrogen-bond donors (Lipinski definition) is 1. The molecule has 0 aliphatic carbocycles. The zero-order valence-electron chi connectivity index (χ0n) is 15.6. The Kier molecular flexibility index (Phi) is 5.13. The number of carbonyl (C=O) groups excluding carboxylic acids is 1. The predicted octanol–water partition coefficient (Wildman–Crippen LogP) is 4.63. The zero-order chi connectivity index (χ0) is 21.5. The first kappa shape index (κ1) is 20.2. The van der Waals surface area contributed by atoms with Crippen LogP contribution in [0.1, 0.15) is 15.9 Å². The third-order valence-electron chi connectivity index (χ3n) is 4.64. The second kappa shape index (κ2) is 7.62. The molecule has 1 aliphatic heterocycles. The average molecular weight is 448 g/mol. The van der Waals surface area contributed by atoms with Gasteiger partial charge in [-0.3, -0.25) is 4.72 Å². The van der Waals surface area contributed by atoms with Gasteiger partial charge in [-0.1, -0.05) is 41.9 Å². The highest BCUT2D eigenvalue weighted by Gasteiger charge is 2.27. The fraction of sp³-hybridized carbons (Fsp3) is 0.0952. The monoisotopic (exact) mass is 447 g/mol. The molecule has 0 saturated heterocycles. The fourth-order valence-corrected chi connectivity index (χ4v) is 4.84. The van der Waals surface area contributed by atoms with Crippen molar-refractivity contribution in [1.29, 1.82) is 0 Å². The van der Waals surface area contributed by atoms with Gasteiger partial charge in [-0.2, -0.15) is 0 Å². The number of anilines is 1. The van der Waals surface area contributed by atoms with Crippen molar-refractivity contribution < 1.29 is 27.1 Å². The molecule has 6 nitrogen and oxygen atoms in total. The number of nitrogens with one attached hydrogen (secondary N) is 1. The minimum atomic E-state index is -4.35. The standard InChI is InChI=1S/C21H15ClFNO5S/c1-28-20-16(22)8-14-10-19(20)30(26,27)24-18-9-12(6-7-17(18)23)15-5-3-2-4-13(15)11-29-21(14)25/h2-10,24H,11H2,1H3. The van der Waals surface area contributed by atoms with E-state index >= 15 is 0 Å². The summed E-state index contributed by atoms with van der Waals surface area (Å²) in [5, 5.41) is -0.100. The molecule has 3 aromatic rings. The Bertz CT molecular complexity index is 1280. The van der Waals surface area contributed by atoms with Gasteiger partial charge in [0.15, 0.2) is 5.75 Å². The number of ether oxygens (including phenoxy) is 2. The zero-order valence-corrected chi connectivity index (χ0v) is 17.2. The van der Waals surface area contributed by atoms with Gasteiger partial charge in [-0.25, -0.2) is 17.6 Å². The summed E-state index contributed by atoms with van der Waals surface area (Å²) in [6.45, 7) is -0.0686. The number of sulfonamides is 1. The van der Waals surface area contributed by atoms with Crippen LogP contribution in [-0.4, -0.2) is 21.5 Å². The van der Waals surface area contributed by atoms with E-state index in [-0.39, 0.29) is 28.6 Å². The van der Waals surface area contributed by atoms with E-state index < -0.39 is 26.7 Å². The lowest BCUT2D eigenvalue weighted by atomic mass is 9.99. The average Bonchev–Trinajstić information content (AvgIpc) is 2.72. The molecule has 3 aromatic carbocycles. The van der Waals surface area contributed by atoms with Crippen LogP contribution in [0, 0.1) is 5.82 Å². The van der Waals surface area contributed by atoms with Crippen molar-refractivity contribution in [3.8, 4) is 16.9 Å². The lowest BCUT2D eigenvalue weighted by Crippen LogP contribution is -2.16. The van der Waals surface area contributed by atoms with Gasteiger partial charge >= 0.3 is 5.97 Å². The fourth-order valence-electron chi connectivity index (χ4n) is 3.21. The highest BCUT2D eigenvalue weighted by molar-refractivity contribution is 7.92. The van der Waals surface area contributed by atoms with Gasteiger partial charge in [0, 0.05) is 0 Å². The molecule has 4 bridgehead atoms. The van der Waals surface area contributed by atoms with Crippen LogP contribution in [0.15, 0.2) is 59.5 Å². The molecular weight excluding hydrogens is 433 g/mol. The van der Waals surface area contributed by atoms with Crippen molar-refractivity contribution in [3.63, 3.8) is 0 Å². The number of rotatable bonds is 1. The summed E-state index contributed by atoms with van der Waals surface area (Å²) in [5.74, 6) is -1.69. The van der Waals surface area contributed by atoms with Crippen molar-refractivity contribution in [1.82, 2.24) is 0 Å². The van der Waals surface area contributed by atoms with Crippen molar-refractivity contribution >= 4 is 33.3 Å². The van der Waals surface area contributed by atoms with Gasteiger partial charge in [0.1, 0.15) is 17.3 Å². The summed E-state index contributed by atoms with van der Waals surface area (Å²) in [7, 11) is -3.11. The van der Waals surface area contributed by atoms with Crippen molar-refractivity contribution in [3.05, 3.63) is 76.6 Å². The van der Waals surface area contributed by atoms with E-state index in [1.807, 2.05) is 0 Å². The number of methoxy groups -OCH3 is 1. The van der Waals surface area contributed by atoms with Gasteiger partial charge in [-0.05, 0) is 41.0 Å². The Morgan fingerprint density at radius 3 is 2.63 bits per heavy atom. The van der Waals surface area contributed by atoms with Gasteiger partial charge in [-0.15, -0.1) is 0 Å². The van der Waals surface area contributed by atoms with Crippen LogP contribution in [0.25, 0.3) is 11.1 Å². The molecular formula is C21H15ClFNO5S. The number of esters is 1. The van der Waals surface area contributed by atoms with Crippen LogP contribution in [0.3, 0.4) is 0 Å². The first-order valence-corrected chi connectivity index (χ1v) is 10.6. The van der Waals surface area contributed by atoms with Gasteiger partial charge in [0.05, 0.1) is 23.4 Å². The molecule has 0 saturated carbocycles. The van der Waals surface area contributed by atoms with E-state index in [1.165, 1.54) is 25.3 Å². The third-order valence-corrected chi connectivity index (χ3v) is 6.29. The van der Waals surface area contributed by atoms with Crippen molar-refractivity contribution in [2.24, 2.45) is 0 Å². The van der Waals surface area contributed by atoms with Crippen LogP contribution >= 0.6 is 11.6 Å². The molecule has 4 rings (SSSR count). The largest absolute Gasteiger partial charge is 0.494 e. The van der Waals surface area contributed by atoms with Crippen LogP contribution in [0.2, 0.25) is 5.02 Å². The SMILES string of the molecule is COc1c(Cl)cc2cc1S(=O)(=O)Nc1cc(ccc1F)-c1ccccc1COC2=O. The molecule has 9 heteroatoms. The number of halogens is 2. The van der Waals surface area contributed by atoms with E-state index in [2.05, 4.69) is 4.72 Å². The minimum Gasteiger partial charge on any atom is -0.494 e. The summed E-state index contributed by atoms with van der Waals surface area (Å²) < 4.78 is 53.3. The van der Waals surface area contributed by atoms with Gasteiger partial charge in [0.2, 0.25) is 0 Å². The maximum absolute atomic E-state index is 14.5. The smallest absolute Gasteiger partial charge is 0.338 e. The lowest BCUT2D eigenvalue weighted by molar-refractivity contribution is 0.0473. The maximum atomic E-state index is 14.5. The third kappa shape index (κ3) is 3.59. The molecule has 1 N–H and O–H groups in total. The van der Waals surface area contributed by atoms with E-state index in [0.717, 1.165) is 12.1 Å². The second-order valence-electron chi connectivity index (χ2n) is 6.52. The molecule has 1 heterocycles. The molecule has 154 valence electrons. The van der Waals surface area contributed by atoms with E-state index in [1.54, 1.807) is 24.3 Å². The minimum absolute atomic E-state index is 0.0686. The first-order valence-electron chi connectivity index (χ1n) is 8.75. The van der Waals surface area contributed by atoms with Gasteiger partial charge in [0.25, 0.3) is 10.0 Å². The van der Waals surface area contributed by atoms with Crippen molar-refractivity contribution in [2.75, 3.05) is 11.8 Å². The highest BCUT2D eigenvalue weighted by atomic mass is 35.5. The summed E-state index contributed by atoms with van der Waals surface area (Å²) in [4.78, 5) is 12.2. The van der Waals surface area contributed by atoms with E-state index in [0.29, 0.717) is 16.7 Å². The van der Waals surface area contributed by atoms with Crippen molar-refractivity contribution in [2.45, 2.75) is 11.5 Å². The van der Waals surface area contributed by atoms with Crippen LogP contribution in [0.5, 0.6) is 5.75 Å². The Balaban J connectivity index is 1.99. The quantitative estimate of drug-likeness (QED) is 0.550. The first-order chi connectivity index (χ1) is 14.3. The Morgan fingerprint density at radius 2 is 1.87 bits per heavy atom. The van der Waals surface area contributed by atoms with Crippen LogP contribution in [0.4, 0.5) is 10.1 Å². The number of carbonyl (C=O) groups is 1. The predicted molar refractivity (Wildman–Crippen MR) is 110 cm³/mol. The Morgan fingerprint density at radius 1 is 1.10 bits per heavy atom. The summed E-state index contributed by atoms with van der Waals surface area (Å²) in [5.41, 5.74) is 1.57. The molecule has 0 fully saturated rings. The molecule has 0 spiro atoms. The molecule has 1 aliphatic rings. The maximum Gasteiger partial charge on any atom is 0.338 e. The van der Waals surface area contributed by atoms with E-state index in [4.69, 9.17) is 21.1 Å². The number of cyclic esters (lactones) is 1. The number of hydrogen-bond acceptors (Lipinski definition) is 5. The van der Waals surface area contributed by atoms with E-state index in [9.17, 15) is 17.6 Å². The van der Waals surface area contributed by atoms with Crippen LogP contribution in [-0.2, 0) is 21.4 Å². The molecule has 0 amide bonds. The number of fused-ring (bicyclic) bond motifs is 6. The molecule has 0 atom stereocenters. The lowest BCUT2D eigenvalue weighted by Gasteiger charge is -2.15. The normalized spacial score (nSPS) is 14.8. The Labute approximate surface area is 177 Å². The summed E-state index contributed by atoms with van der Waals surface area (Å²) >= 11 is 6.15. The molecule has 0 unspecified atom stereocenters. The molecule has 30 heavy (non-hydrogen) atoms. The number of benzene rings is 3. The Hall–Kier alpha value is -3.10. The summed E-state index contributed by atoms with van der Waals surface area (Å²) in [6.07, 6.45) is 0. The van der Waals surface area contributed by atoms with Gasteiger partial charge < -0.3 is 9.47 Å². The second-order valence-corrected chi connectivity index (χ2v) is 8.58. The highest BCUT2D eigenvalue weighted by Crippen LogP contribution is 2.36. The molecule has 0 aromatic heterocycles. The summed E-state index contributed by atoms with van der Waals surface area (Å²) in [6, 6.07) is 13.5. The molecule has 0 radical (unpaired) electrons. The van der Waals surface area contributed by atoms with Crippen LogP contribution < -0.4 is 9.46 Å².